The molecule has 0 aromatic heterocycles. The molecule has 5 atom stereocenters. The Hall–Kier alpha value is -0.340. The first-order chi connectivity index (χ1) is 7.35. The van der Waals surface area contributed by atoms with Crippen LogP contribution in [0.3, 0.4) is 0 Å². The maximum Gasteiger partial charge on any atom is 0.102 e. The molecule has 0 spiro atoms. The van der Waals surface area contributed by atoms with E-state index in [-0.39, 0.29) is 5.41 Å². The Morgan fingerprint density at radius 1 is 1.19 bits per heavy atom. The van der Waals surface area contributed by atoms with Gasteiger partial charge in [-0.25, -0.2) is 0 Å². The molecule has 2 fully saturated rings. The third-order valence-corrected chi connectivity index (χ3v) is 5.38. The van der Waals surface area contributed by atoms with Gasteiger partial charge >= 0.3 is 0 Å². The molecule has 0 aliphatic heterocycles. The fourth-order valence-corrected chi connectivity index (χ4v) is 4.45. The first-order valence-electron chi connectivity index (χ1n) is 6.42. The lowest BCUT2D eigenvalue weighted by Crippen LogP contribution is -2.54. The number of hydrogen-bond acceptors (Lipinski definition) is 2. The van der Waals surface area contributed by atoms with Gasteiger partial charge in [-0.1, -0.05) is 26.8 Å². The molecule has 0 aromatic carbocycles. The van der Waals surface area contributed by atoms with E-state index in [0.29, 0.717) is 17.3 Å². The normalized spacial score (nSPS) is 53.7. The van der Waals surface area contributed by atoms with E-state index >= 15 is 0 Å². The number of hydrogen-bond donors (Lipinski definition) is 2. The molecule has 3 aliphatic rings. The predicted molar refractivity (Wildman–Crippen MR) is 62.8 cm³/mol. The number of fused-ring (bicyclic) bond motifs is 3. The van der Waals surface area contributed by atoms with Gasteiger partial charge in [0.1, 0.15) is 6.10 Å². The lowest BCUT2D eigenvalue weighted by Gasteiger charge is -2.54. The van der Waals surface area contributed by atoms with Crippen molar-refractivity contribution in [3.05, 3.63) is 11.6 Å². The summed E-state index contributed by atoms with van der Waals surface area (Å²) in [7, 11) is 0. The molecule has 16 heavy (non-hydrogen) atoms. The number of rotatable bonds is 0. The van der Waals surface area contributed by atoms with E-state index in [4.69, 9.17) is 0 Å². The average molecular weight is 222 g/mol. The van der Waals surface area contributed by atoms with Crippen LogP contribution in [0.1, 0.15) is 40.0 Å². The Balaban J connectivity index is 2.00. The topological polar surface area (TPSA) is 40.5 Å². The number of allylic oxidation sites excluding steroid dienone is 1. The van der Waals surface area contributed by atoms with E-state index < -0.39 is 12.2 Å². The van der Waals surface area contributed by atoms with Crippen molar-refractivity contribution < 1.29 is 10.2 Å². The van der Waals surface area contributed by atoms with Gasteiger partial charge in [-0.3, -0.25) is 0 Å². The van der Waals surface area contributed by atoms with Crippen molar-refractivity contribution in [3.63, 3.8) is 0 Å². The molecule has 2 nitrogen and oxygen atoms in total. The van der Waals surface area contributed by atoms with Crippen LogP contribution in [-0.4, -0.2) is 22.4 Å². The van der Waals surface area contributed by atoms with Crippen LogP contribution in [0.2, 0.25) is 0 Å². The molecule has 0 radical (unpaired) electrons. The quantitative estimate of drug-likeness (QED) is 0.616. The summed E-state index contributed by atoms with van der Waals surface area (Å²) in [4.78, 5) is 0. The highest BCUT2D eigenvalue weighted by atomic mass is 16.3. The van der Waals surface area contributed by atoms with Gasteiger partial charge in [-0.15, -0.1) is 0 Å². The molecule has 2 heteroatoms. The smallest absolute Gasteiger partial charge is 0.102 e. The van der Waals surface area contributed by atoms with Crippen molar-refractivity contribution >= 4 is 0 Å². The standard InChI is InChI=1S/C14H22O2/c1-13(2)6-8-10(7-13)14(3)5-4-9(14)12(16)11(8)15/h4,8,10-12,15-16H,5-7H2,1-3H3. The molecule has 90 valence electrons. The summed E-state index contributed by atoms with van der Waals surface area (Å²) in [6, 6.07) is 0. The van der Waals surface area contributed by atoms with E-state index in [1.165, 1.54) is 6.42 Å². The highest BCUT2D eigenvalue weighted by Gasteiger charge is 2.60. The van der Waals surface area contributed by atoms with E-state index in [9.17, 15) is 10.2 Å². The van der Waals surface area contributed by atoms with Gasteiger partial charge in [0.15, 0.2) is 0 Å². The van der Waals surface area contributed by atoms with E-state index in [2.05, 4.69) is 26.8 Å². The zero-order valence-electron chi connectivity index (χ0n) is 10.4. The molecule has 0 bridgehead atoms. The second-order valence-corrected chi connectivity index (χ2v) is 7.06. The number of aliphatic hydroxyl groups excluding tert-OH is 2. The Morgan fingerprint density at radius 3 is 2.44 bits per heavy atom. The molecule has 5 unspecified atom stereocenters. The summed E-state index contributed by atoms with van der Waals surface area (Å²) < 4.78 is 0. The van der Waals surface area contributed by atoms with Crippen molar-refractivity contribution in [2.24, 2.45) is 22.7 Å². The Bertz CT molecular complexity index is 358. The third-order valence-electron chi connectivity index (χ3n) is 5.38. The first-order valence-corrected chi connectivity index (χ1v) is 6.42. The molecular formula is C14H22O2. The minimum Gasteiger partial charge on any atom is -0.390 e. The zero-order chi connectivity index (χ0) is 11.7. The van der Waals surface area contributed by atoms with Crippen LogP contribution in [0, 0.1) is 22.7 Å². The SMILES string of the molecule is CC1(C)CC2C(O)C(O)C3=CCC3(C)C2C1. The largest absolute Gasteiger partial charge is 0.390 e. The van der Waals surface area contributed by atoms with Gasteiger partial charge in [0, 0.05) is 0 Å². The summed E-state index contributed by atoms with van der Waals surface area (Å²) in [6.07, 6.45) is 4.31. The fraction of sp³-hybridized carbons (Fsp3) is 0.857. The van der Waals surface area contributed by atoms with Crippen molar-refractivity contribution in [2.45, 2.75) is 52.2 Å². The summed E-state index contributed by atoms with van der Waals surface area (Å²) in [5.74, 6) is 0.869. The van der Waals surface area contributed by atoms with Gasteiger partial charge in [0.05, 0.1) is 6.10 Å². The minimum atomic E-state index is -0.603. The fourth-order valence-electron chi connectivity index (χ4n) is 4.45. The predicted octanol–water partition coefficient (Wildman–Crippen LogP) is 2.11. The van der Waals surface area contributed by atoms with Gasteiger partial charge in [-0.05, 0) is 47.5 Å². The molecule has 0 heterocycles. The highest BCUT2D eigenvalue weighted by Crippen LogP contribution is 2.64. The van der Waals surface area contributed by atoms with Crippen LogP contribution in [0.25, 0.3) is 0 Å². The second-order valence-electron chi connectivity index (χ2n) is 7.06. The van der Waals surface area contributed by atoms with E-state index in [0.717, 1.165) is 18.4 Å². The number of aliphatic hydroxyl groups is 2. The van der Waals surface area contributed by atoms with E-state index in [1.54, 1.807) is 0 Å². The molecule has 2 N–H and O–H groups in total. The van der Waals surface area contributed by atoms with Crippen molar-refractivity contribution in [2.75, 3.05) is 0 Å². The second kappa shape index (κ2) is 2.91. The van der Waals surface area contributed by atoms with Crippen LogP contribution >= 0.6 is 0 Å². The van der Waals surface area contributed by atoms with Crippen molar-refractivity contribution in [1.82, 2.24) is 0 Å². The summed E-state index contributed by atoms with van der Waals surface area (Å²) >= 11 is 0. The monoisotopic (exact) mass is 222 g/mol. The Morgan fingerprint density at radius 2 is 1.88 bits per heavy atom. The lowest BCUT2D eigenvalue weighted by atomic mass is 9.52. The van der Waals surface area contributed by atoms with E-state index in [1.807, 2.05) is 0 Å². The van der Waals surface area contributed by atoms with Gasteiger partial charge < -0.3 is 10.2 Å². The Labute approximate surface area is 97.4 Å². The van der Waals surface area contributed by atoms with Gasteiger partial charge in [0.2, 0.25) is 0 Å². The average Bonchev–Trinajstić information content (AvgIpc) is 2.49. The molecule has 0 aromatic rings. The highest BCUT2D eigenvalue weighted by molar-refractivity contribution is 5.35. The van der Waals surface area contributed by atoms with Crippen LogP contribution < -0.4 is 0 Å². The first kappa shape index (κ1) is 10.8. The van der Waals surface area contributed by atoms with Crippen molar-refractivity contribution in [1.29, 1.82) is 0 Å². The minimum absolute atomic E-state index is 0.178. The summed E-state index contributed by atoms with van der Waals surface area (Å²) in [5.41, 5.74) is 1.61. The van der Waals surface area contributed by atoms with Crippen LogP contribution in [0.5, 0.6) is 0 Å². The molecule has 0 amide bonds. The lowest BCUT2D eigenvalue weighted by molar-refractivity contribution is -0.0773. The maximum atomic E-state index is 10.2. The van der Waals surface area contributed by atoms with Crippen molar-refractivity contribution in [3.8, 4) is 0 Å². The van der Waals surface area contributed by atoms with Crippen LogP contribution in [0.4, 0.5) is 0 Å². The Kier molecular flexibility index (Phi) is 1.96. The molecule has 3 aliphatic carbocycles. The van der Waals surface area contributed by atoms with Crippen LogP contribution in [0.15, 0.2) is 11.6 Å². The third kappa shape index (κ3) is 1.15. The molecule has 2 saturated carbocycles. The molecule has 3 rings (SSSR count). The van der Waals surface area contributed by atoms with Gasteiger partial charge in [0.25, 0.3) is 0 Å². The summed E-state index contributed by atoms with van der Waals surface area (Å²) in [6.45, 7) is 6.85. The maximum absolute atomic E-state index is 10.2. The molecular weight excluding hydrogens is 200 g/mol. The van der Waals surface area contributed by atoms with Crippen LogP contribution in [-0.2, 0) is 0 Å². The zero-order valence-corrected chi connectivity index (χ0v) is 10.4. The molecule has 0 saturated heterocycles. The summed E-state index contributed by atoms with van der Waals surface area (Å²) in [5, 5.41) is 20.4. The van der Waals surface area contributed by atoms with Gasteiger partial charge in [-0.2, -0.15) is 0 Å².